The zero-order valence-electron chi connectivity index (χ0n) is 12.1. The topological polar surface area (TPSA) is 54.3 Å². The van der Waals surface area contributed by atoms with Crippen LogP contribution in [0.25, 0.3) is 0 Å². The molecule has 1 heterocycles. The van der Waals surface area contributed by atoms with Gasteiger partial charge in [0, 0.05) is 0 Å². The van der Waals surface area contributed by atoms with Crippen LogP contribution in [0.2, 0.25) is 0 Å². The van der Waals surface area contributed by atoms with Gasteiger partial charge in [-0.05, 0) is 43.9 Å². The predicted molar refractivity (Wildman–Crippen MR) is 80.8 cm³/mol. The van der Waals surface area contributed by atoms with Gasteiger partial charge in [0.25, 0.3) is 0 Å². The first-order chi connectivity index (χ1) is 10.2. The molecular weight excluding hydrogens is 264 g/mol. The van der Waals surface area contributed by atoms with Gasteiger partial charge in [-0.2, -0.15) is 0 Å². The average Bonchev–Trinajstić information content (AvgIpc) is 2.98. The molecule has 0 bridgehead atoms. The standard InChI is InChI=1S/C17H20N2O2/c1-13(15-9-5-12-21-15)18-16(20)19-17(10-6-11-17)14-7-3-2-4-8-14/h2-5,7-9,12-13H,6,10-11H2,1H3,(H2,18,19,20). The van der Waals surface area contributed by atoms with E-state index in [0.29, 0.717) is 0 Å². The maximum absolute atomic E-state index is 12.3. The molecular formula is C17H20N2O2. The van der Waals surface area contributed by atoms with Crippen molar-refractivity contribution in [2.75, 3.05) is 0 Å². The number of hydrogen-bond donors (Lipinski definition) is 2. The van der Waals surface area contributed by atoms with Gasteiger partial charge in [-0.15, -0.1) is 0 Å². The van der Waals surface area contributed by atoms with Crippen molar-refractivity contribution in [3.8, 4) is 0 Å². The van der Waals surface area contributed by atoms with Crippen LogP contribution in [0.1, 0.15) is 43.6 Å². The maximum Gasteiger partial charge on any atom is 0.316 e. The van der Waals surface area contributed by atoms with Gasteiger partial charge in [-0.25, -0.2) is 4.79 Å². The third-order valence-corrected chi connectivity index (χ3v) is 4.20. The summed E-state index contributed by atoms with van der Waals surface area (Å²) in [4.78, 5) is 12.3. The lowest BCUT2D eigenvalue weighted by molar-refractivity contribution is 0.175. The van der Waals surface area contributed by atoms with Crippen molar-refractivity contribution in [3.63, 3.8) is 0 Å². The van der Waals surface area contributed by atoms with E-state index in [1.165, 1.54) is 5.56 Å². The summed E-state index contributed by atoms with van der Waals surface area (Å²) in [7, 11) is 0. The number of furan rings is 1. The zero-order chi connectivity index (χ0) is 14.7. The molecule has 0 spiro atoms. The van der Waals surface area contributed by atoms with E-state index in [1.54, 1.807) is 6.26 Å². The lowest BCUT2D eigenvalue weighted by Gasteiger charge is -2.43. The Morgan fingerprint density at radius 2 is 1.95 bits per heavy atom. The molecule has 1 aliphatic rings. The number of carbonyl (C=O) groups is 1. The van der Waals surface area contributed by atoms with Crippen LogP contribution in [-0.2, 0) is 5.54 Å². The van der Waals surface area contributed by atoms with E-state index in [-0.39, 0.29) is 17.6 Å². The van der Waals surface area contributed by atoms with Gasteiger partial charge in [0.1, 0.15) is 5.76 Å². The Morgan fingerprint density at radius 1 is 1.19 bits per heavy atom. The van der Waals surface area contributed by atoms with Crippen LogP contribution in [-0.4, -0.2) is 6.03 Å². The van der Waals surface area contributed by atoms with Crippen molar-refractivity contribution in [2.24, 2.45) is 0 Å². The molecule has 0 radical (unpaired) electrons. The molecule has 1 atom stereocenters. The van der Waals surface area contributed by atoms with Crippen molar-refractivity contribution in [3.05, 3.63) is 60.1 Å². The summed E-state index contributed by atoms with van der Waals surface area (Å²) in [5.74, 6) is 0.757. The number of nitrogens with one attached hydrogen (secondary N) is 2. The molecule has 4 heteroatoms. The van der Waals surface area contributed by atoms with E-state index in [2.05, 4.69) is 22.8 Å². The Morgan fingerprint density at radius 3 is 2.52 bits per heavy atom. The first kappa shape index (κ1) is 13.7. The third-order valence-electron chi connectivity index (χ3n) is 4.20. The fourth-order valence-corrected chi connectivity index (χ4v) is 2.83. The summed E-state index contributed by atoms with van der Waals surface area (Å²) in [5.41, 5.74) is 0.964. The van der Waals surface area contributed by atoms with E-state index in [4.69, 9.17) is 4.42 Å². The minimum Gasteiger partial charge on any atom is -0.467 e. The van der Waals surface area contributed by atoms with Gasteiger partial charge in [-0.1, -0.05) is 30.3 Å². The molecule has 0 aliphatic heterocycles. The van der Waals surface area contributed by atoms with Gasteiger partial charge in [-0.3, -0.25) is 0 Å². The number of carbonyl (C=O) groups excluding carboxylic acids is 1. The van der Waals surface area contributed by atoms with Crippen molar-refractivity contribution < 1.29 is 9.21 Å². The molecule has 1 aliphatic carbocycles. The number of hydrogen-bond acceptors (Lipinski definition) is 2. The molecule has 1 saturated carbocycles. The summed E-state index contributed by atoms with van der Waals surface area (Å²) in [6.07, 6.45) is 4.73. The predicted octanol–water partition coefficient (Wildman–Crippen LogP) is 3.72. The highest BCUT2D eigenvalue weighted by molar-refractivity contribution is 5.75. The highest BCUT2D eigenvalue weighted by atomic mass is 16.3. The minimum atomic E-state index is -0.214. The van der Waals surface area contributed by atoms with Crippen molar-refractivity contribution >= 4 is 6.03 Å². The van der Waals surface area contributed by atoms with Gasteiger partial charge < -0.3 is 15.1 Å². The number of amides is 2. The Labute approximate surface area is 124 Å². The maximum atomic E-state index is 12.3. The Kier molecular flexibility index (Phi) is 3.69. The van der Waals surface area contributed by atoms with Crippen molar-refractivity contribution in [1.82, 2.24) is 10.6 Å². The smallest absolute Gasteiger partial charge is 0.316 e. The Hall–Kier alpha value is -2.23. The number of benzene rings is 1. The SMILES string of the molecule is CC(NC(=O)NC1(c2ccccc2)CCC1)c1ccco1. The van der Waals surface area contributed by atoms with E-state index in [0.717, 1.165) is 25.0 Å². The van der Waals surface area contributed by atoms with Gasteiger partial charge in [0.05, 0.1) is 17.8 Å². The summed E-state index contributed by atoms with van der Waals surface area (Å²) < 4.78 is 5.31. The minimum absolute atomic E-state index is 0.145. The van der Waals surface area contributed by atoms with Crippen LogP contribution in [0, 0.1) is 0 Å². The summed E-state index contributed by atoms with van der Waals surface area (Å²) in [5, 5.41) is 6.08. The highest BCUT2D eigenvalue weighted by Crippen LogP contribution is 2.41. The second kappa shape index (κ2) is 5.64. The lowest BCUT2D eigenvalue weighted by atomic mass is 9.72. The molecule has 110 valence electrons. The summed E-state index contributed by atoms with van der Waals surface area (Å²) in [6, 6.07) is 13.6. The molecule has 2 amide bonds. The lowest BCUT2D eigenvalue weighted by Crippen LogP contribution is -2.54. The fraction of sp³-hybridized carbons (Fsp3) is 0.353. The average molecular weight is 284 g/mol. The zero-order valence-corrected chi connectivity index (χ0v) is 12.1. The van der Waals surface area contributed by atoms with Crippen molar-refractivity contribution in [1.29, 1.82) is 0 Å². The summed E-state index contributed by atoms with van der Waals surface area (Å²) >= 11 is 0. The molecule has 1 aromatic carbocycles. The molecule has 1 aromatic heterocycles. The molecule has 2 N–H and O–H groups in total. The molecule has 1 fully saturated rings. The molecule has 0 saturated heterocycles. The van der Waals surface area contributed by atoms with Gasteiger partial charge in [0.2, 0.25) is 0 Å². The van der Waals surface area contributed by atoms with E-state index in [1.807, 2.05) is 37.3 Å². The van der Waals surface area contributed by atoms with E-state index >= 15 is 0 Å². The fourth-order valence-electron chi connectivity index (χ4n) is 2.83. The molecule has 1 unspecified atom stereocenters. The van der Waals surface area contributed by atoms with Crippen LogP contribution in [0.5, 0.6) is 0 Å². The number of rotatable bonds is 4. The van der Waals surface area contributed by atoms with Crippen LogP contribution in [0.4, 0.5) is 4.79 Å². The molecule has 2 aromatic rings. The van der Waals surface area contributed by atoms with Gasteiger partial charge >= 0.3 is 6.03 Å². The molecule has 3 rings (SSSR count). The van der Waals surface area contributed by atoms with Crippen LogP contribution < -0.4 is 10.6 Å². The van der Waals surface area contributed by atoms with Crippen LogP contribution >= 0.6 is 0 Å². The third kappa shape index (κ3) is 2.79. The molecule has 4 nitrogen and oxygen atoms in total. The first-order valence-electron chi connectivity index (χ1n) is 7.37. The largest absolute Gasteiger partial charge is 0.467 e. The normalized spacial score (nSPS) is 17.6. The molecule has 21 heavy (non-hydrogen) atoms. The highest BCUT2D eigenvalue weighted by Gasteiger charge is 2.40. The van der Waals surface area contributed by atoms with E-state index in [9.17, 15) is 4.79 Å². The summed E-state index contributed by atoms with van der Waals surface area (Å²) in [6.45, 7) is 1.91. The van der Waals surface area contributed by atoms with Crippen LogP contribution in [0.3, 0.4) is 0 Å². The van der Waals surface area contributed by atoms with Crippen molar-refractivity contribution in [2.45, 2.75) is 37.8 Å². The van der Waals surface area contributed by atoms with Gasteiger partial charge in [0.15, 0.2) is 0 Å². The quantitative estimate of drug-likeness (QED) is 0.899. The second-order valence-corrected chi connectivity index (χ2v) is 5.64. The first-order valence-corrected chi connectivity index (χ1v) is 7.37. The van der Waals surface area contributed by atoms with Crippen LogP contribution in [0.15, 0.2) is 53.1 Å². The van der Waals surface area contributed by atoms with E-state index < -0.39 is 0 Å². The Bertz CT molecular complexity index is 589. The second-order valence-electron chi connectivity index (χ2n) is 5.64. The number of urea groups is 1. The Balaban J connectivity index is 1.66. The monoisotopic (exact) mass is 284 g/mol.